The summed E-state index contributed by atoms with van der Waals surface area (Å²) in [6.45, 7) is 8.09. The van der Waals surface area contributed by atoms with E-state index in [2.05, 4.69) is 20.6 Å². The number of aliphatic imine (C=N–C) groups is 1. The fourth-order valence-electron chi connectivity index (χ4n) is 4.74. The van der Waals surface area contributed by atoms with E-state index in [9.17, 15) is 18.0 Å². The normalized spacial score (nSPS) is 20.3. The van der Waals surface area contributed by atoms with Crippen LogP contribution in [-0.4, -0.2) is 52.5 Å². The number of anilines is 2. The van der Waals surface area contributed by atoms with Gasteiger partial charge in [-0.15, -0.1) is 0 Å². The number of benzene rings is 1. The number of ether oxygens (including phenoxy) is 1. The Morgan fingerprint density at radius 3 is 2.54 bits per heavy atom. The fourth-order valence-corrected chi connectivity index (χ4v) is 4.74. The lowest BCUT2D eigenvalue weighted by atomic mass is 9.90. The second-order valence-electron chi connectivity index (χ2n) is 10.4. The number of hydrogen-bond acceptors (Lipinski definition) is 6. The number of aromatic nitrogens is 3. The van der Waals surface area contributed by atoms with Crippen molar-refractivity contribution in [3.8, 4) is 0 Å². The predicted octanol–water partition coefficient (Wildman–Crippen LogP) is 5.13. The number of hydrogen-bond donors (Lipinski definition) is 3. The molecule has 0 amide bonds. The molecule has 3 N–H and O–H groups in total. The van der Waals surface area contributed by atoms with E-state index in [-0.39, 0.29) is 23.1 Å². The molecule has 0 bridgehead atoms. The quantitative estimate of drug-likeness (QED) is 0.393. The molecule has 0 aliphatic carbocycles. The molecular weight excluding hydrogens is 485 g/mol. The average molecular weight is 519 g/mol. The third kappa shape index (κ3) is 5.88. The van der Waals surface area contributed by atoms with E-state index in [0.717, 1.165) is 12.1 Å². The van der Waals surface area contributed by atoms with Crippen LogP contribution >= 0.6 is 0 Å². The molecule has 0 saturated carbocycles. The molecular formula is C26H33F3N6O2. The number of H-pyrrole nitrogens is 1. The Balaban J connectivity index is 1.69. The summed E-state index contributed by atoms with van der Waals surface area (Å²) in [5.41, 5.74) is 1.18. The molecule has 1 aliphatic heterocycles. The van der Waals surface area contributed by atoms with Crippen LogP contribution in [0, 0.1) is 5.92 Å². The lowest BCUT2D eigenvalue weighted by Gasteiger charge is -2.32. The molecule has 8 nitrogen and oxygen atoms in total. The molecule has 0 radical (unpaired) electrons. The molecule has 1 saturated heterocycles. The van der Waals surface area contributed by atoms with Crippen molar-refractivity contribution >= 4 is 28.1 Å². The van der Waals surface area contributed by atoms with Crippen LogP contribution < -0.4 is 16.2 Å². The van der Waals surface area contributed by atoms with Crippen LogP contribution in [0.25, 0.3) is 10.9 Å². The summed E-state index contributed by atoms with van der Waals surface area (Å²) in [6, 6.07) is 5.78. The maximum Gasteiger partial charge on any atom is 0.407 e. The van der Waals surface area contributed by atoms with E-state index < -0.39 is 17.8 Å². The summed E-state index contributed by atoms with van der Waals surface area (Å²) in [6.07, 6.45) is -2.10. The standard InChI is InChI=1S/C26H33F3N6O2/c1-15(30-5)18-11-13-37-14-20(18)35-19-10-12-31-24(36)21(19)23(34-35)32-17-8-6-16(7-9-17)22(26(27,28)29)33-25(2,3)4/h6-10,12,18,20,22,33H,11,13-14H2,1-5H3,(H,31,36)(H,32,34). The molecule has 37 heavy (non-hydrogen) atoms. The number of fused-ring (bicyclic) bond motifs is 1. The molecule has 3 unspecified atom stereocenters. The first-order valence-corrected chi connectivity index (χ1v) is 12.2. The van der Waals surface area contributed by atoms with Gasteiger partial charge in [-0.2, -0.15) is 18.3 Å². The van der Waals surface area contributed by atoms with Gasteiger partial charge in [0.05, 0.1) is 18.2 Å². The minimum atomic E-state index is -4.46. The van der Waals surface area contributed by atoms with Gasteiger partial charge in [-0.3, -0.25) is 19.8 Å². The topological polar surface area (TPSA) is 96.3 Å². The number of nitrogens with one attached hydrogen (secondary N) is 3. The summed E-state index contributed by atoms with van der Waals surface area (Å²) in [4.78, 5) is 19.9. The highest BCUT2D eigenvalue weighted by atomic mass is 19.4. The minimum Gasteiger partial charge on any atom is -0.379 e. The number of rotatable bonds is 6. The van der Waals surface area contributed by atoms with Crippen molar-refractivity contribution < 1.29 is 17.9 Å². The highest BCUT2D eigenvalue weighted by Gasteiger charge is 2.42. The van der Waals surface area contributed by atoms with Crippen LogP contribution in [-0.2, 0) is 4.74 Å². The molecule has 3 heterocycles. The zero-order valence-electron chi connectivity index (χ0n) is 21.6. The Kier molecular flexibility index (Phi) is 7.48. The van der Waals surface area contributed by atoms with Crippen LogP contribution in [0.2, 0.25) is 0 Å². The highest BCUT2D eigenvalue weighted by Crippen LogP contribution is 2.36. The first-order chi connectivity index (χ1) is 17.4. The Labute approximate surface area is 213 Å². The van der Waals surface area contributed by atoms with Gasteiger partial charge in [-0.05, 0) is 57.9 Å². The van der Waals surface area contributed by atoms with Crippen LogP contribution in [0.3, 0.4) is 0 Å². The number of alkyl halides is 3. The first-order valence-electron chi connectivity index (χ1n) is 12.2. The molecule has 4 rings (SSSR count). The summed E-state index contributed by atoms with van der Waals surface area (Å²) >= 11 is 0. The van der Waals surface area contributed by atoms with Gasteiger partial charge in [0.25, 0.3) is 5.56 Å². The van der Waals surface area contributed by atoms with E-state index in [1.54, 1.807) is 56.9 Å². The molecule has 1 aliphatic rings. The largest absolute Gasteiger partial charge is 0.407 e. The average Bonchev–Trinajstić information content (AvgIpc) is 3.21. The Morgan fingerprint density at radius 2 is 1.92 bits per heavy atom. The lowest BCUT2D eigenvalue weighted by Crippen LogP contribution is -2.45. The van der Waals surface area contributed by atoms with Gasteiger partial charge in [0, 0.05) is 42.7 Å². The van der Waals surface area contributed by atoms with Crippen molar-refractivity contribution in [1.29, 1.82) is 0 Å². The maximum atomic E-state index is 13.7. The van der Waals surface area contributed by atoms with Crippen molar-refractivity contribution in [3.63, 3.8) is 0 Å². The molecule has 3 aromatic rings. The van der Waals surface area contributed by atoms with Gasteiger partial charge in [0.15, 0.2) is 5.82 Å². The van der Waals surface area contributed by atoms with Crippen LogP contribution in [0.1, 0.15) is 51.8 Å². The summed E-state index contributed by atoms with van der Waals surface area (Å²) in [7, 11) is 1.75. The molecule has 1 fully saturated rings. The number of aromatic amines is 1. The van der Waals surface area contributed by atoms with E-state index in [4.69, 9.17) is 9.84 Å². The van der Waals surface area contributed by atoms with Crippen molar-refractivity contribution in [2.75, 3.05) is 25.6 Å². The zero-order valence-corrected chi connectivity index (χ0v) is 21.6. The second-order valence-corrected chi connectivity index (χ2v) is 10.4. The fraction of sp³-hybridized carbons (Fsp3) is 0.500. The van der Waals surface area contributed by atoms with E-state index >= 15 is 0 Å². The van der Waals surface area contributed by atoms with Crippen molar-refractivity contribution in [2.45, 2.75) is 57.9 Å². The van der Waals surface area contributed by atoms with Crippen molar-refractivity contribution in [2.24, 2.45) is 10.9 Å². The van der Waals surface area contributed by atoms with Gasteiger partial charge in [-0.25, -0.2) is 0 Å². The molecule has 2 aromatic heterocycles. The Morgan fingerprint density at radius 1 is 1.22 bits per heavy atom. The van der Waals surface area contributed by atoms with Gasteiger partial charge < -0.3 is 15.0 Å². The van der Waals surface area contributed by atoms with Gasteiger partial charge >= 0.3 is 6.18 Å². The Bertz CT molecular complexity index is 1320. The van der Waals surface area contributed by atoms with Crippen LogP contribution in [0.4, 0.5) is 24.7 Å². The molecule has 1 aromatic carbocycles. The lowest BCUT2D eigenvalue weighted by molar-refractivity contribution is -0.161. The van der Waals surface area contributed by atoms with Gasteiger partial charge in [-0.1, -0.05) is 12.1 Å². The maximum absolute atomic E-state index is 13.7. The third-order valence-electron chi connectivity index (χ3n) is 6.57. The van der Waals surface area contributed by atoms with Crippen molar-refractivity contribution in [3.05, 3.63) is 52.4 Å². The zero-order chi connectivity index (χ0) is 27.0. The molecule has 200 valence electrons. The van der Waals surface area contributed by atoms with Crippen LogP contribution in [0.5, 0.6) is 0 Å². The summed E-state index contributed by atoms with van der Waals surface area (Å²) < 4.78 is 48.8. The number of pyridine rings is 1. The van der Waals surface area contributed by atoms with Crippen LogP contribution in [0.15, 0.2) is 46.3 Å². The monoisotopic (exact) mass is 518 g/mol. The van der Waals surface area contributed by atoms with E-state index in [0.29, 0.717) is 35.6 Å². The predicted molar refractivity (Wildman–Crippen MR) is 139 cm³/mol. The van der Waals surface area contributed by atoms with E-state index in [1.807, 2.05) is 6.92 Å². The minimum absolute atomic E-state index is 0.0951. The smallest absolute Gasteiger partial charge is 0.379 e. The molecule has 0 spiro atoms. The number of nitrogens with zero attached hydrogens (tertiary/aromatic N) is 3. The van der Waals surface area contributed by atoms with E-state index in [1.165, 1.54) is 12.1 Å². The summed E-state index contributed by atoms with van der Waals surface area (Å²) in [5, 5.41) is 10.9. The third-order valence-corrected chi connectivity index (χ3v) is 6.57. The van der Waals surface area contributed by atoms with Gasteiger partial charge in [0.2, 0.25) is 0 Å². The second kappa shape index (κ2) is 10.3. The van der Waals surface area contributed by atoms with Gasteiger partial charge in [0.1, 0.15) is 11.4 Å². The Hall–Kier alpha value is -3.18. The SMILES string of the molecule is CN=C(C)C1CCOCC1n1nc(Nc2ccc(C(NC(C)(C)C)C(F)(F)F)cc2)c2c(=O)[nH]ccc21. The molecule has 3 atom stereocenters. The number of halogens is 3. The van der Waals surface area contributed by atoms with Crippen molar-refractivity contribution in [1.82, 2.24) is 20.1 Å². The highest BCUT2D eigenvalue weighted by molar-refractivity contribution is 5.91. The molecule has 11 heteroatoms. The first kappa shape index (κ1) is 26.9. The summed E-state index contributed by atoms with van der Waals surface area (Å²) in [5.74, 6) is 0.420.